The molecule has 0 radical (unpaired) electrons. The lowest BCUT2D eigenvalue weighted by Crippen LogP contribution is -2.05. The number of ether oxygens (including phenoxy) is 1. The largest absolute Gasteiger partial charge is 0.456 e. The van der Waals surface area contributed by atoms with Gasteiger partial charge in [0.05, 0.1) is 0 Å². The van der Waals surface area contributed by atoms with Crippen LogP contribution in [0.25, 0.3) is 0 Å². The van der Waals surface area contributed by atoms with Crippen molar-refractivity contribution in [3.05, 3.63) is 57.8 Å². The van der Waals surface area contributed by atoms with E-state index in [0.29, 0.717) is 5.69 Å². The standard InChI is InChI=1S/C13H12BrNO2/c1-9-11(14)7-12(15-9)13(16)17-8-10-5-3-2-4-6-10/h2-7,15H,8H2,1H3. The topological polar surface area (TPSA) is 42.1 Å². The number of hydrogen-bond acceptors (Lipinski definition) is 2. The predicted molar refractivity (Wildman–Crippen MR) is 68.8 cm³/mol. The Hall–Kier alpha value is -1.55. The van der Waals surface area contributed by atoms with Crippen molar-refractivity contribution in [3.63, 3.8) is 0 Å². The number of rotatable bonds is 3. The van der Waals surface area contributed by atoms with Crippen molar-refractivity contribution in [3.8, 4) is 0 Å². The summed E-state index contributed by atoms with van der Waals surface area (Å²) in [7, 11) is 0. The molecule has 17 heavy (non-hydrogen) atoms. The molecule has 0 unspecified atom stereocenters. The molecule has 88 valence electrons. The molecule has 4 heteroatoms. The highest BCUT2D eigenvalue weighted by Gasteiger charge is 2.11. The first-order valence-electron chi connectivity index (χ1n) is 5.23. The first kappa shape index (κ1) is 11.9. The number of halogens is 1. The average molecular weight is 294 g/mol. The Morgan fingerprint density at radius 3 is 2.65 bits per heavy atom. The molecular weight excluding hydrogens is 282 g/mol. The van der Waals surface area contributed by atoms with Crippen LogP contribution < -0.4 is 0 Å². The molecule has 1 aromatic carbocycles. The van der Waals surface area contributed by atoms with E-state index in [9.17, 15) is 4.79 Å². The normalized spacial score (nSPS) is 10.2. The summed E-state index contributed by atoms with van der Waals surface area (Å²) >= 11 is 3.34. The van der Waals surface area contributed by atoms with Crippen molar-refractivity contribution in [2.75, 3.05) is 0 Å². The Morgan fingerprint density at radius 1 is 1.35 bits per heavy atom. The van der Waals surface area contributed by atoms with Gasteiger partial charge in [-0.25, -0.2) is 4.79 Å². The summed E-state index contributed by atoms with van der Waals surface area (Å²) in [5.74, 6) is -0.345. The van der Waals surface area contributed by atoms with Crippen molar-refractivity contribution in [1.82, 2.24) is 4.98 Å². The molecule has 0 atom stereocenters. The van der Waals surface area contributed by atoms with Gasteiger partial charge in [-0.15, -0.1) is 0 Å². The van der Waals surface area contributed by atoms with Crippen molar-refractivity contribution in [1.29, 1.82) is 0 Å². The Morgan fingerprint density at radius 2 is 2.06 bits per heavy atom. The van der Waals surface area contributed by atoms with Crippen LogP contribution in [0.2, 0.25) is 0 Å². The Balaban J connectivity index is 1.98. The quantitative estimate of drug-likeness (QED) is 0.881. The van der Waals surface area contributed by atoms with E-state index in [2.05, 4.69) is 20.9 Å². The third kappa shape index (κ3) is 2.97. The van der Waals surface area contributed by atoms with E-state index >= 15 is 0 Å². The van der Waals surface area contributed by atoms with Crippen LogP contribution in [0.15, 0.2) is 40.9 Å². The SMILES string of the molecule is Cc1[nH]c(C(=O)OCc2ccccc2)cc1Br. The molecule has 2 rings (SSSR count). The number of aromatic nitrogens is 1. The van der Waals surface area contributed by atoms with Crippen molar-refractivity contribution in [2.24, 2.45) is 0 Å². The molecule has 2 aromatic rings. The van der Waals surface area contributed by atoms with Gasteiger partial charge in [0.2, 0.25) is 0 Å². The monoisotopic (exact) mass is 293 g/mol. The highest BCUT2D eigenvalue weighted by atomic mass is 79.9. The van der Waals surface area contributed by atoms with Gasteiger partial charge in [-0.3, -0.25) is 0 Å². The summed E-state index contributed by atoms with van der Waals surface area (Å²) in [6.45, 7) is 2.17. The van der Waals surface area contributed by atoms with Gasteiger partial charge in [0.25, 0.3) is 0 Å². The van der Waals surface area contributed by atoms with Gasteiger partial charge in [-0.1, -0.05) is 30.3 Å². The smallest absolute Gasteiger partial charge is 0.355 e. The minimum atomic E-state index is -0.345. The highest BCUT2D eigenvalue weighted by Crippen LogP contribution is 2.17. The van der Waals surface area contributed by atoms with Gasteiger partial charge < -0.3 is 9.72 Å². The van der Waals surface area contributed by atoms with Crippen molar-refractivity contribution in [2.45, 2.75) is 13.5 Å². The minimum absolute atomic E-state index is 0.287. The predicted octanol–water partition coefficient (Wildman–Crippen LogP) is 3.44. The summed E-state index contributed by atoms with van der Waals surface area (Å²) < 4.78 is 6.07. The van der Waals surface area contributed by atoms with Crippen LogP contribution in [0.1, 0.15) is 21.7 Å². The molecule has 0 saturated heterocycles. The number of hydrogen-bond donors (Lipinski definition) is 1. The number of aromatic amines is 1. The molecular formula is C13H12BrNO2. The second-order valence-corrected chi connectivity index (χ2v) is 4.57. The lowest BCUT2D eigenvalue weighted by Gasteiger charge is -2.02. The van der Waals surface area contributed by atoms with Crippen LogP contribution in [-0.2, 0) is 11.3 Å². The first-order chi connectivity index (χ1) is 8.16. The van der Waals surface area contributed by atoms with Crippen molar-refractivity contribution >= 4 is 21.9 Å². The average Bonchev–Trinajstić information content (AvgIpc) is 2.68. The van der Waals surface area contributed by atoms with Gasteiger partial charge in [-0.05, 0) is 34.5 Å². The molecule has 3 nitrogen and oxygen atoms in total. The number of nitrogens with one attached hydrogen (secondary N) is 1. The molecule has 1 heterocycles. The van der Waals surface area contributed by atoms with Crippen LogP contribution in [-0.4, -0.2) is 11.0 Å². The number of H-pyrrole nitrogens is 1. The molecule has 0 saturated carbocycles. The Labute approximate surface area is 108 Å². The zero-order valence-electron chi connectivity index (χ0n) is 9.37. The zero-order chi connectivity index (χ0) is 12.3. The molecule has 0 aliphatic carbocycles. The maximum absolute atomic E-state index is 11.7. The summed E-state index contributed by atoms with van der Waals surface area (Å²) in [4.78, 5) is 14.7. The third-order valence-electron chi connectivity index (χ3n) is 2.38. The number of carbonyl (C=O) groups excluding carboxylic acids is 1. The second-order valence-electron chi connectivity index (χ2n) is 3.72. The molecule has 0 aliphatic heterocycles. The molecule has 0 spiro atoms. The van der Waals surface area contributed by atoms with Crippen LogP contribution in [0.4, 0.5) is 0 Å². The van der Waals surface area contributed by atoms with Gasteiger partial charge in [-0.2, -0.15) is 0 Å². The van der Waals surface area contributed by atoms with E-state index in [-0.39, 0.29) is 12.6 Å². The molecule has 0 amide bonds. The van der Waals surface area contributed by atoms with E-state index in [1.807, 2.05) is 37.3 Å². The maximum Gasteiger partial charge on any atom is 0.355 e. The number of esters is 1. The molecule has 0 fully saturated rings. The number of benzene rings is 1. The summed E-state index contributed by atoms with van der Waals surface area (Å²) in [5.41, 5.74) is 2.35. The van der Waals surface area contributed by atoms with Crippen molar-refractivity contribution < 1.29 is 9.53 Å². The lowest BCUT2D eigenvalue weighted by atomic mass is 10.2. The fraction of sp³-hybridized carbons (Fsp3) is 0.154. The van der Waals surface area contributed by atoms with Gasteiger partial charge in [0.1, 0.15) is 12.3 Å². The minimum Gasteiger partial charge on any atom is -0.456 e. The number of aryl methyl sites for hydroxylation is 1. The first-order valence-corrected chi connectivity index (χ1v) is 6.02. The Bertz CT molecular complexity index is 500. The van der Waals surface area contributed by atoms with E-state index in [4.69, 9.17) is 4.74 Å². The maximum atomic E-state index is 11.7. The fourth-order valence-corrected chi connectivity index (χ4v) is 1.77. The van der Waals surface area contributed by atoms with E-state index in [1.165, 1.54) is 0 Å². The Kier molecular flexibility index (Phi) is 3.64. The van der Waals surface area contributed by atoms with Crippen LogP contribution in [0.5, 0.6) is 0 Å². The van der Waals surface area contributed by atoms with E-state index in [0.717, 1.165) is 15.7 Å². The van der Waals surface area contributed by atoms with Crippen LogP contribution >= 0.6 is 15.9 Å². The molecule has 1 N–H and O–H groups in total. The number of carbonyl (C=O) groups is 1. The van der Waals surface area contributed by atoms with Gasteiger partial charge in [0, 0.05) is 10.2 Å². The summed E-state index contributed by atoms with van der Waals surface area (Å²) in [6, 6.07) is 11.3. The highest BCUT2D eigenvalue weighted by molar-refractivity contribution is 9.10. The molecule has 0 aliphatic rings. The summed E-state index contributed by atoms with van der Waals surface area (Å²) in [6.07, 6.45) is 0. The van der Waals surface area contributed by atoms with Gasteiger partial charge in [0.15, 0.2) is 0 Å². The second kappa shape index (κ2) is 5.19. The fourth-order valence-electron chi connectivity index (χ4n) is 1.44. The lowest BCUT2D eigenvalue weighted by molar-refractivity contribution is 0.0466. The van der Waals surface area contributed by atoms with E-state index < -0.39 is 0 Å². The molecule has 1 aromatic heterocycles. The molecule has 0 bridgehead atoms. The summed E-state index contributed by atoms with van der Waals surface area (Å²) in [5, 5.41) is 0. The third-order valence-corrected chi connectivity index (χ3v) is 3.21. The van der Waals surface area contributed by atoms with Crippen LogP contribution in [0, 0.1) is 6.92 Å². The van der Waals surface area contributed by atoms with Gasteiger partial charge >= 0.3 is 5.97 Å². The van der Waals surface area contributed by atoms with Crippen LogP contribution in [0.3, 0.4) is 0 Å². The van der Waals surface area contributed by atoms with E-state index in [1.54, 1.807) is 6.07 Å². The zero-order valence-corrected chi connectivity index (χ0v) is 11.0.